The first-order chi connectivity index (χ1) is 20.1. The number of fused-ring (bicyclic) bond motifs is 1. The Morgan fingerprint density at radius 1 is 1.17 bits per heavy atom. The van der Waals surface area contributed by atoms with E-state index in [4.69, 9.17) is 4.52 Å². The third-order valence-corrected chi connectivity index (χ3v) is 8.55. The molecule has 2 aromatic carbocycles. The van der Waals surface area contributed by atoms with Gasteiger partial charge < -0.3 is 14.6 Å². The molecule has 42 heavy (non-hydrogen) atoms. The van der Waals surface area contributed by atoms with Crippen molar-refractivity contribution in [3.8, 4) is 16.9 Å². The third-order valence-electron chi connectivity index (χ3n) is 8.55. The molecule has 0 bridgehead atoms. The number of ketones is 1. The van der Waals surface area contributed by atoms with Crippen LogP contribution in [0, 0.1) is 18.8 Å². The highest BCUT2D eigenvalue weighted by Gasteiger charge is 2.47. The molecule has 6 rings (SSSR count). The summed E-state index contributed by atoms with van der Waals surface area (Å²) in [7, 11) is 0. The van der Waals surface area contributed by atoms with E-state index in [-0.39, 0.29) is 29.3 Å². The summed E-state index contributed by atoms with van der Waals surface area (Å²) in [5.74, 6) is 1.08. The van der Waals surface area contributed by atoms with Crippen LogP contribution in [0.25, 0.3) is 11.1 Å². The van der Waals surface area contributed by atoms with Crippen molar-refractivity contribution in [2.75, 3.05) is 13.1 Å². The predicted octanol–water partition coefficient (Wildman–Crippen LogP) is 5.48. The Kier molecular flexibility index (Phi) is 7.78. The fraction of sp³-hybridized carbons (Fsp3) is 0.484. The first-order valence-electron chi connectivity index (χ1n) is 14.4. The molecule has 2 unspecified atom stereocenters. The first-order valence-corrected chi connectivity index (χ1v) is 14.4. The minimum Gasteiger partial charge on any atom is -0.406 e. The molecule has 0 radical (unpaired) electrons. The van der Waals surface area contributed by atoms with Crippen molar-refractivity contribution in [1.82, 2.24) is 20.4 Å². The number of benzene rings is 2. The summed E-state index contributed by atoms with van der Waals surface area (Å²) in [6, 6.07) is 9.79. The molecule has 11 heteroatoms. The molecule has 222 valence electrons. The molecule has 0 saturated heterocycles. The van der Waals surface area contributed by atoms with E-state index in [0.717, 1.165) is 35.1 Å². The second kappa shape index (κ2) is 11.5. The summed E-state index contributed by atoms with van der Waals surface area (Å²) >= 11 is 0. The highest BCUT2D eigenvalue weighted by Crippen LogP contribution is 2.47. The van der Waals surface area contributed by atoms with Gasteiger partial charge in [-0.25, -0.2) is 0 Å². The average molecular weight is 583 g/mol. The summed E-state index contributed by atoms with van der Waals surface area (Å²) in [4.78, 5) is 32.1. The molecule has 0 spiro atoms. The van der Waals surface area contributed by atoms with Crippen LogP contribution in [-0.2, 0) is 29.1 Å². The van der Waals surface area contributed by atoms with Gasteiger partial charge in [-0.2, -0.15) is 4.98 Å². The summed E-state index contributed by atoms with van der Waals surface area (Å²) in [5.41, 5.74) is 4.37. The van der Waals surface area contributed by atoms with Gasteiger partial charge in [-0.1, -0.05) is 48.7 Å². The predicted molar refractivity (Wildman–Crippen MR) is 146 cm³/mol. The lowest BCUT2D eigenvalue weighted by Crippen LogP contribution is -2.37. The number of hydrogen-bond acceptors (Lipinski definition) is 7. The molecule has 8 nitrogen and oxygen atoms in total. The number of carbonyl (C=O) groups is 2. The highest BCUT2D eigenvalue weighted by molar-refractivity contribution is 5.83. The molecule has 1 aliphatic heterocycles. The molecule has 1 aromatic heterocycles. The SMILES string of the molecule is Cc1noc(C2CC2C(=O)NCc2ccc(-c3cccc(OC(F)(F)F)c3)c3c2CN(CC(=O)CC2CCC2)CC3)n1. The van der Waals surface area contributed by atoms with Crippen molar-refractivity contribution in [3.63, 3.8) is 0 Å². The molecule has 2 fully saturated rings. The molecule has 2 saturated carbocycles. The van der Waals surface area contributed by atoms with E-state index in [1.807, 2.05) is 12.1 Å². The van der Waals surface area contributed by atoms with Gasteiger partial charge in [-0.3, -0.25) is 14.5 Å². The van der Waals surface area contributed by atoms with Crippen molar-refractivity contribution < 1.29 is 32.0 Å². The minimum atomic E-state index is -4.78. The molecular formula is C31H33F3N4O4. The molecule has 2 heterocycles. The zero-order chi connectivity index (χ0) is 29.4. The Labute approximate surface area is 241 Å². The van der Waals surface area contributed by atoms with Crippen LogP contribution in [0.3, 0.4) is 0 Å². The molecule has 1 amide bonds. The lowest BCUT2D eigenvalue weighted by molar-refractivity contribution is -0.274. The Bertz CT molecular complexity index is 1480. The Hall–Kier alpha value is -3.73. The third kappa shape index (κ3) is 6.51. The van der Waals surface area contributed by atoms with Gasteiger partial charge in [0.05, 0.1) is 18.4 Å². The van der Waals surface area contributed by atoms with Crippen molar-refractivity contribution in [2.45, 2.75) is 70.8 Å². The topological polar surface area (TPSA) is 97.6 Å². The van der Waals surface area contributed by atoms with E-state index in [0.29, 0.717) is 68.6 Å². The van der Waals surface area contributed by atoms with Crippen LogP contribution >= 0.6 is 0 Å². The Balaban J connectivity index is 1.21. The van der Waals surface area contributed by atoms with E-state index in [9.17, 15) is 22.8 Å². The molecule has 3 aromatic rings. The smallest absolute Gasteiger partial charge is 0.406 e. The van der Waals surface area contributed by atoms with Gasteiger partial charge in [0.1, 0.15) is 11.5 Å². The van der Waals surface area contributed by atoms with Crippen LogP contribution in [0.5, 0.6) is 5.75 Å². The van der Waals surface area contributed by atoms with Crippen LogP contribution in [-0.4, -0.2) is 46.2 Å². The van der Waals surface area contributed by atoms with Crippen LogP contribution in [0.2, 0.25) is 0 Å². The number of hydrogen-bond donors (Lipinski definition) is 1. The maximum Gasteiger partial charge on any atom is 0.573 e. The lowest BCUT2D eigenvalue weighted by atomic mass is 9.81. The van der Waals surface area contributed by atoms with Gasteiger partial charge in [0, 0.05) is 26.1 Å². The van der Waals surface area contributed by atoms with E-state index < -0.39 is 6.36 Å². The van der Waals surface area contributed by atoms with Gasteiger partial charge in [-0.15, -0.1) is 13.2 Å². The fourth-order valence-corrected chi connectivity index (χ4v) is 6.10. The summed E-state index contributed by atoms with van der Waals surface area (Å²) in [6.07, 6.45) is 0.542. The quantitative estimate of drug-likeness (QED) is 0.338. The van der Waals surface area contributed by atoms with Crippen molar-refractivity contribution in [3.05, 3.63) is 64.8 Å². The molecule has 2 aliphatic carbocycles. The number of Topliss-reactive ketones (excluding diaryl/α,β-unsaturated/α-hetero) is 1. The number of alkyl halides is 3. The van der Waals surface area contributed by atoms with Gasteiger partial charge >= 0.3 is 6.36 Å². The molecule has 1 N–H and O–H groups in total. The normalized spacial score (nSPS) is 20.5. The van der Waals surface area contributed by atoms with Gasteiger partial charge in [-0.05, 0) is 65.6 Å². The molecule has 2 atom stereocenters. The second-order valence-electron chi connectivity index (χ2n) is 11.7. The van der Waals surface area contributed by atoms with E-state index in [1.165, 1.54) is 18.6 Å². The Morgan fingerprint density at radius 2 is 2.00 bits per heavy atom. The summed E-state index contributed by atoms with van der Waals surface area (Å²) in [6.45, 7) is 3.60. The zero-order valence-electron chi connectivity index (χ0n) is 23.4. The number of aryl methyl sites for hydroxylation is 1. The van der Waals surface area contributed by atoms with E-state index in [1.54, 1.807) is 19.1 Å². The molecular weight excluding hydrogens is 549 g/mol. The maximum absolute atomic E-state index is 13.0. The van der Waals surface area contributed by atoms with Crippen LogP contribution in [0.4, 0.5) is 13.2 Å². The standard InChI is InChI=1S/C31H33F3N4O4/c1-18-36-30(42-37-18)27-14-26(27)29(40)35-15-21-8-9-24(20-6-3-7-23(13-20)41-31(32,33)34)25-10-11-38(17-28(21)25)16-22(39)12-19-4-2-5-19/h3,6-9,13,19,26-27H,2,4-5,10-12,14-17H2,1H3,(H,35,40). The van der Waals surface area contributed by atoms with E-state index in [2.05, 4.69) is 25.1 Å². The fourth-order valence-electron chi connectivity index (χ4n) is 6.10. The van der Waals surface area contributed by atoms with Crippen LogP contribution in [0.15, 0.2) is 40.9 Å². The van der Waals surface area contributed by atoms with Gasteiger partial charge in [0.15, 0.2) is 5.82 Å². The zero-order valence-corrected chi connectivity index (χ0v) is 23.4. The largest absolute Gasteiger partial charge is 0.573 e. The van der Waals surface area contributed by atoms with Crippen molar-refractivity contribution in [1.29, 1.82) is 0 Å². The average Bonchev–Trinajstić information content (AvgIpc) is 3.61. The number of carbonyl (C=O) groups excluding carboxylic acids is 2. The van der Waals surface area contributed by atoms with Crippen molar-refractivity contribution >= 4 is 11.7 Å². The van der Waals surface area contributed by atoms with Gasteiger partial charge in [0.2, 0.25) is 11.8 Å². The lowest BCUT2D eigenvalue weighted by Gasteiger charge is -2.32. The Morgan fingerprint density at radius 3 is 2.71 bits per heavy atom. The summed E-state index contributed by atoms with van der Waals surface area (Å²) in [5, 5.41) is 6.86. The number of nitrogens with one attached hydrogen (secondary N) is 1. The number of amides is 1. The maximum atomic E-state index is 13.0. The summed E-state index contributed by atoms with van der Waals surface area (Å²) < 4.78 is 48.1. The molecule has 3 aliphatic rings. The van der Waals surface area contributed by atoms with Crippen LogP contribution in [0.1, 0.15) is 66.4 Å². The first kappa shape index (κ1) is 28.4. The number of aromatic nitrogens is 2. The van der Waals surface area contributed by atoms with Gasteiger partial charge in [0.25, 0.3) is 0 Å². The number of rotatable bonds is 10. The number of halogens is 3. The number of ether oxygens (including phenoxy) is 1. The monoisotopic (exact) mass is 582 g/mol. The second-order valence-corrected chi connectivity index (χ2v) is 11.7. The minimum absolute atomic E-state index is 0.0779. The number of nitrogens with zero attached hydrogens (tertiary/aromatic N) is 3. The highest BCUT2D eigenvalue weighted by atomic mass is 19.4. The van der Waals surface area contributed by atoms with Crippen LogP contribution < -0.4 is 10.1 Å². The van der Waals surface area contributed by atoms with Crippen molar-refractivity contribution in [2.24, 2.45) is 11.8 Å². The van der Waals surface area contributed by atoms with E-state index >= 15 is 0 Å².